The Kier molecular flexibility index (Phi) is 3.63. The normalized spacial score (nSPS) is 17.1. The van der Waals surface area contributed by atoms with E-state index >= 15 is 0 Å². The topological polar surface area (TPSA) is 73.1 Å². The molecule has 7 heteroatoms. The maximum atomic E-state index is 5.75. The van der Waals surface area contributed by atoms with Crippen LogP contribution in [0.1, 0.15) is 18.7 Å². The van der Waals surface area contributed by atoms with Crippen LogP contribution >= 0.6 is 11.3 Å². The Hall–Kier alpha value is -1.31. The molecule has 0 unspecified atom stereocenters. The van der Waals surface area contributed by atoms with Gasteiger partial charge in [0.15, 0.2) is 0 Å². The van der Waals surface area contributed by atoms with Crippen molar-refractivity contribution in [2.45, 2.75) is 25.6 Å². The second-order valence-corrected chi connectivity index (χ2v) is 5.02. The zero-order valence-electron chi connectivity index (χ0n) is 9.83. The molecule has 0 aliphatic carbocycles. The van der Waals surface area contributed by atoms with E-state index in [1.54, 1.807) is 11.7 Å². The highest BCUT2D eigenvalue weighted by Crippen LogP contribution is 2.20. The third kappa shape index (κ3) is 2.74. The van der Waals surface area contributed by atoms with Crippen LogP contribution in [0.15, 0.2) is 16.2 Å². The van der Waals surface area contributed by atoms with Gasteiger partial charge >= 0.3 is 0 Å². The number of ether oxygens (including phenoxy) is 1. The van der Waals surface area contributed by atoms with E-state index < -0.39 is 0 Å². The van der Waals surface area contributed by atoms with Crippen LogP contribution in [-0.2, 0) is 11.3 Å². The van der Waals surface area contributed by atoms with Crippen molar-refractivity contribution >= 4 is 11.3 Å². The van der Waals surface area contributed by atoms with E-state index in [9.17, 15) is 0 Å². The van der Waals surface area contributed by atoms with E-state index in [0.717, 1.165) is 30.8 Å². The molecule has 0 amide bonds. The van der Waals surface area contributed by atoms with Crippen molar-refractivity contribution in [3.8, 4) is 10.7 Å². The van der Waals surface area contributed by atoms with Gasteiger partial charge in [0.2, 0.25) is 5.82 Å². The molecule has 1 aliphatic heterocycles. The minimum atomic E-state index is 0.296. The van der Waals surface area contributed by atoms with Crippen molar-refractivity contribution in [1.29, 1.82) is 0 Å². The van der Waals surface area contributed by atoms with Gasteiger partial charge in [-0.15, -0.1) is 11.3 Å². The molecule has 3 rings (SSSR count). The molecular weight excluding hydrogens is 252 g/mol. The van der Waals surface area contributed by atoms with E-state index in [0.29, 0.717) is 24.4 Å². The molecule has 2 aromatic rings. The van der Waals surface area contributed by atoms with Crippen LogP contribution in [-0.4, -0.2) is 34.3 Å². The summed E-state index contributed by atoms with van der Waals surface area (Å²) in [6.45, 7) is 2.41. The minimum Gasteiger partial charge on any atom is -0.368 e. The minimum absolute atomic E-state index is 0.296. The fourth-order valence-corrected chi connectivity index (χ4v) is 2.44. The third-order valence-corrected chi connectivity index (χ3v) is 3.62. The molecule has 0 aromatic carbocycles. The van der Waals surface area contributed by atoms with Crippen LogP contribution in [0.25, 0.3) is 10.7 Å². The lowest BCUT2D eigenvalue weighted by Crippen LogP contribution is -2.32. The largest absolute Gasteiger partial charge is 0.368 e. The summed E-state index contributed by atoms with van der Waals surface area (Å²) in [5.74, 6) is 1.11. The number of hydrogen-bond donors (Lipinski definition) is 1. The van der Waals surface area contributed by atoms with E-state index in [1.165, 1.54) is 11.3 Å². The van der Waals surface area contributed by atoms with Gasteiger partial charge in [-0.2, -0.15) is 4.98 Å². The van der Waals surface area contributed by atoms with Gasteiger partial charge < -0.3 is 14.6 Å². The summed E-state index contributed by atoms with van der Waals surface area (Å²) in [5, 5.41) is 7.21. The quantitative estimate of drug-likeness (QED) is 0.903. The predicted octanol–water partition coefficient (Wildman–Crippen LogP) is 1.46. The van der Waals surface area contributed by atoms with E-state index in [2.05, 4.69) is 20.4 Å². The first-order valence-corrected chi connectivity index (χ1v) is 6.83. The molecule has 0 atom stereocenters. The number of nitrogens with one attached hydrogen (secondary N) is 1. The molecule has 1 fully saturated rings. The number of piperidine rings is 1. The fraction of sp³-hybridized carbons (Fsp3) is 0.545. The highest BCUT2D eigenvalue weighted by Gasteiger charge is 2.15. The first-order chi connectivity index (χ1) is 8.92. The zero-order valence-corrected chi connectivity index (χ0v) is 10.7. The maximum Gasteiger partial charge on any atom is 0.252 e. The fourth-order valence-electron chi connectivity index (χ4n) is 1.89. The van der Waals surface area contributed by atoms with Gasteiger partial charge in [0, 0.05) is 6.20 Å². The van der Waals surface area contributed by atoms with Crippen molar-refractivity contribution in [2.75, 3.05) is 13.1 Å². The van der Waals surface area contributed by atoms with Crippen LogP contribution in [0, 0.1) is 0 Å². The lowest BCUT2D eigenvalue weighted by molar-refractivity contribution is 0.00859. The summed E-state index contributed by atoms with van der Waals surface area (Å²) in [6.07, 6.45) is 4.10. The average molecular weight is 266 g/mol. The molecule has 1 N–H and O–H groups in total. The lowest BCUT2D eigenvalue weighted by atomic mass is 10.1. The molecule has 2 aromatic heterocycles. The molecule has 96 valence electrons. The maximum absolute atomic E-state index is 5.75. The summed E-state index contributed by atoms with van der Waals surface area (Å²) < 4.78 is 10.9. The molecule has 0 saturated carbocycles. The Morgan fingerprint density at radius 2 is 2.33 bits per heavy atom. The van der Waals surface area contributed by atoms with Crippen molar-refractivity contribution in [1.82, 2.24) is 20.4 Å². The molecule has 0 bridgehead atoms. The standard InChI is InChI=1S/C11H14N4O2S/c1-3-12-4-2-8(1)16-6-10-14-11(15-17-10)9-5-13-7-18-9/h5,7-8,12H,1-4,6H2. The number of aromatic nitrogens is 3. The molecule has 0 spiro atoms. The SMILES string of the molecule is c1ncc(-c2noc(COC3CCNCC3)n2)s1. The molecule has 3 heterocycles. The van der Waals surface area contributed by atoms with Crippen molar-refractivity contribution in [2.24, 2.45) is 0 Å². The van der Waals surface area contributed by atoms with Crippen LogP contribution < -0.4 is 5.32 Å². The third-order valence-electron chi connectivity index (χ3n) is 2.85. The molecule has 18 heavy (non-hydrogen) atoms. The van der Waals surface area contributed by atoms with Gasteiger partial charge in [0.1, 0.15) is 6.61 Å². The lowest BCUT2D eigenvalue weighted by Gasteiger charge is -2.21. The highest BCUT2D eigenvalue weighted by molar-refractivity contribution is 7.13. The van der Waals surface area contributed by atoms with Crippen LogP contribution in [0.3, 0.4) is 0 Å². The Morgan fingerprint density at radius 3 is 3.11 bits per heavy atom. The summed E-state index contributed by atoms with van der Waals surface area (Å²) in [6, 6.07) is 0. The van der Waals surface area contributed by atoms with Gasteiger partial charge in [-0.05, 0) is 25.9 Å². The van der Waals surface area contributed by atoms with Gasteiger partial charge in [-0.3, -0.25) is 4.98 Å². The summed E-state index contributed by atoms with van der Waals surface area (Å²) in [5.41, 5.74) is 1.75. The Balaban J connectivity index is 1.57. The molecule has 0 radical (unpaired) electrons. The van der Waals surface area contributed by atoms with Crippen molar-refractivity contribution in [3.05, 3.63) is 17.6 Å². The van der Waals surface area contributed by atoms with E-state index in [-0.39, 0.29) is 0 Å². The average Bonchev–Trinajstić information content (AvgIpc) is 3.08. The number of hydrogen-bond acceptors (Lipinski definition) is 7. The van der Waals surface area contributed by atoms with E-state index in [4.69, 9.17) is 9.26 Å². The zero-order chi connectivity index (χ0) is 12.2. The van der Waals surface area contributed by atoms with Crippen LogP contribution in [0.2, 0.25) is 0 Å². The Labute approximate surface area is 108 Å². The molecular formula is C11H14N4O2S. The predicted molar refractivity (Wildman–Crippen MR) is 66.1 cm³/mol. The first kappa shape index (κ1) is 11.8. The first-order valence-electron chi connectivity index (χ1n) is 5.95. The summed E-state index contributed by atoms with van der Waals surface area (Å²) in [4.78, 5) is 9.18. The van der Waals surface area contributed by atoms with Gasteiger partial charge in [-0.25, -0.2) is 0 Å². The molecule has 6 nitrogen and oxygen atoms in total. The number of thiazole rings is 1. The molecule has 1 saturated heterocycles. The smallest absolute Gasteiger partial charge is 0.252 e. The highest BCUT2D eigenvalue weighted by atomic mass is 32.1. The second kappa shape index (κ2) is 5.55. The van der Waals surface area contributed by atoms with Crippen LogP contribution in [0.5, 0.6) is 0 Å². The van der Waals surface area contributed by atoms with Crippen LogP contribution in [0.4, 0.5) is 0 Å². The molecule has 1 aliphatic rings. The van der Waals surface area contributed by atoms with E-state index in [1.807, 2.05) is 0 Å². The van der Waals surface area contributed by atoms with Crippen molar-refractivity contribution < 1.29 is 9.26 Å². The number of rotatable bonds is 4. The Morgan fingerprint density at radius 1 is 1.44 bits per heavy atom. The Bertz CT molecular complexity index is 479. The number of nitrogens with zero attached hydrogens (tertiary/aromatic N) is 3. The second-order valence-electron chi connectivity index (χ2n) is 4.14. The van der Waals surface area contributed by atoms with Gasteiger partial charge in [0.25, 0.3) is 5.89 Å². The monoisotopic (exact) mass is 266 g/mol. The van der Waals surface area contributed by atoms with Gasteiger partial charge in [0.05, 0.1) is 16.5 Å². The van der Waals surface area contributed by atoms with Gasteiger partial charge in [-0.1, -0.05) is 5.16 Å². The summed E-state index contributed by atoms with van der Waals surface area (Å²) in [7, 11) is 0. The van der Waals surface area contributed by atoms with Crippen molar-refractivity contribution in [3.63, 3.8) is 0 Å². The summed E-state index contributed by atoms with van der Waals surface area (Å²) >= 11 is 1.49.